The summed E-state index contributed by atoms with van der Waals surface area (Å²) >= 11 is 1.29. The topological polar surface area (TPSA) is 82.6 Å². The molecule has 0 bridgehead atoms. The molecule has 0 spiro atoms. The summed E-state index contributed by atoms with van der Waals surface area (Å²) in [5.74, 6) is -0.149. The van der Waals surface area contributed by atoms with Gasteiger partial charge in [-0.2, -0.15) is 0 Å². The van der Waals surface area contributed by atoms with Gasteiger partial charge in [0.15, 0.2) is 5.13 Å². The van der Waals surface area contributed by atoms with Gasteiger partial charge in [-0.05, 0) is 37.3 Å². The maximum atomic E-state index is 13.0. The van der Waals surface area contributed by atoms with Crippen molar-refractivity contribution in [3.63, 3.8) is 0 Å². The first kappa shape index (κ1) is 22.9. The van der Waals surface area contributed by atoms with Gasteiger partial charge in [0.25, 0.3) is 5.91 Å². The van der Waals surface area contributed by atoms with E-state index < -0.39 is 0 Å². The van der Waals surface area contributed by atoms with E-state index in [1.165, 1.54) is 11.3 Å². The Morgan fingerprint density at radius 3 is 2.58 bits per heavy atom. The van der Waals surface area contributed by atoms with Crippen LogP contribution in [0, 0.1) is 12.8 Å². The molecular formula is C23H30N4O3S. The molecule has 0 radical (unpaired) electrons. The van der Waals surface area contributed by atoms with Gasteiger partial charge in [-0.3, -0.25) is 14.4 Å². The lowest BCUT2D eigenvalue weighted by Crippen LogP contribution is -2.40. The maximum absolute atomic E-state index is 13.0. The minimum atomic E-state index is -0.297. The van der Waals surface area contributed by atoms with Gasteiger partial charge in [0, 0.05) is 30.6 Å². The molecule has 2 aromatic rings. The molecule has 1 aliphatic heterocycles. The van der Waals surface area contributed by atoms with E-state index in [1.807, 2.05) is 43.9 Å². The summed E-state index contributed by atoms with van der Waals surface area (Å²) in [7, 11) is 0. The lowest BCUT2D eigenvalue weighted by Gasteiger charge is -2.24. The second-order valence-corrected chi connectivity index (χ2v) is 9.21. The molecule has 1 N–H and O–H groups in total. The Labute approximate surface area is 187 Å². The summed E-state index contributed by atoms with van der Waals surface area (Å²) in [6.07, 6.45) is 2.36. The molecule has 3 rings (SSSR count). The molecule has 2 heterocycles. The van der Waals surface area contributed by atoms with Gasteiger partial charge >= 0.3 is 0 Å². The largest absolute Gasteiger partial charge is 0.342 e. The standard InChI is InChI=1S/C23H30N4O3S/c1-16(2)13-27(22(30)19-9-5-4-8-17(19)3)14-20(28)25-23-24-18(15-31-23)12-21(29)26-10-6-7-11-26/h4-5,8-9,15-16H,6-7,10-14H2,1-3H3,(H,24,25,28). The van der Waals surface area contributed by atoms with Crippen molar-refractivity contribution in [2.45, 2.75) is 40.0 Å². The summed E-state index contributed by atoms with van der Waals surface area (Å²) in [6, 6.07) is 7.39. The van der Waals surface area contributed by atoms with E-state index in [4.69, 9.17) is 0 Å². The molecule has 7 nitrogen and oxygen atoms in total. The highest BCUT2D eigenvalue weighted by molar-refractivity contribution is 7.13. The molecule has 0 aliphatic carbocycles. The zero-order valence-corrected chi connectivity index (χ0v) is 19.2. The van der Waals surface area contributed by atoms with Gasteiger partial charge in [-0.15, -0.1) is 11.3 Å². The third-order valence-corrected chi connectivity index (χ3v) is 5.98. The fourth-order valence-corrected chi connectivity index (χ4v) is 4.38. The molecule has 3 amide bonds. The Morgan fingerprint density at radius 1 is 1.19 bits per heavy atom. The minimum Gasteiger partial charge on any atom is -0.342 e. The molecule has 8 heteroatoms. The molecule has 1 aliphatic rings. The number of nitrogens with zero attached hydrogens (tertiary/aromatic N) is 3. The Bertz CT molecular complexity index is 934. The lowest BCUT2D eigenvalue weighted by atomic mass is 10.1. The van der Waals surface area contributed by atoms with Crippen LogP contribution in [0.2, 0.25) is 0 Å². The number of benzene rings is 1. The van der Waals surface area contributed by atoms with Crippen LogP contribution in [0.1, 0.15) is 48.3 Å². The summed E-state index contributed by atoms with van der Waals surface area (Å²) in [5, 5.41) is 5.03. The van der Waals surface area contributed by atoms with Gasteiger partial charge in [-0.25, -0.2) is 4.98 Å². The molecule has 1 fully saturated rings. The molecule has 1 saturated heterocycles. The lowest BCUT2D eigenvalue weighted by molar-refractivity contribution is -0.129. The average Bonchev–Trinajstić information content (AvgIpc) is 3.39. The monoisotopic (exact) mass is 442 g/mol. The van der Waals surface area contributed by atoms with Crippen LogP contribution in [-0.4, -0.2) is 58.7 Å². The van der Waals surface area contributed by atoms with Crippen molar-refractivity contribution in [1.29, 1.82) is 0 Å². The summed E-state index contributed by atoms with van der Waals surface area (Å²) in [6.45, 7) is 7.98. The average molecular weight is 443 g/mol. The number of amides is 3. The number of aromatic nitrogens is 1. The van der Waals surface area contributed by atoms with Crippen molar-refractivity contribution in [2.75, 3.05) is 31.5 Å². The highest BCUT2D eigenvalue weighted by Gasteiger charge is 2.22. The van der Waals surface area contributed by atoms with Crippen LogP contribution in [0.25, 0.3) is 0 Å². The van der Waals surface area contributed by atoms with E-state index in [0.717, 1.165) is 31.5 Å². The Kier molecular flexibility index (Phi) is 7.79. The first-order valence-electron chi connectivity index (χ1n) is 10.7. The molecule has 0 unspecified atom stereocenters. The van der Waals surface area contributed by atoms with Crippen molar-refractivity contribution in [1.82, 2.24) is 14.8 Å². The van der Waals surface area contributed by atoms with Gasteiger partial charge in [0.2, 0.25) is 11.8 Å². The van der Waals surface area contributed by atoms with Gasteiger partial charge in [0.1, 0.15) is 6.54 Å². The molecule has 31 heavy (non-hydrogen) atoms. The third kappa shape index (κ3) is 6.37. The van der Waals surface area contributed by atoms with Crippen molar-refractivity contribution in [3.05, 3.63) is 46.5 Å². The first-order valence-corrected chi connectivity index (χ1v) is 11.6. The zero-order chi connectivity index (χ0) is 22.4. The summed E-state index contributed by atoms with van der Waals surface area (Å²) < 4.78 is 0. The van der Waals surface area contributed by atoms with Gasteiger partial charge in [-0.1, -0.05) is 32.0 Å². The van der Waals surface area contributed by atoms with E-state index in [2.05, 4.69) is 10.3 Å². The number of rotatable bonds is 8. The number of hydrogen-bond acceptors (Lipinski definition) is 5. The van der Waals surface area contributed by atoms with Crippen molar-refractivity contribution in [2.24, 2.45) is 5.92 Å². The molecule has 166 valence electrons. The third-order valence-electron chi connectivity index (χ3n) is 5.17. The van der Waals surface area contributed by atoms with Crippen LogP contribution in [0.3, 0.4) is 0 Å². The fraction of sp³-hybridized carbons (Fsp3) is 0.478. The molecule has 0 saturated carbocycles. The fourth-order valence-electron chi connectivity index (χ4n) is 3.65. The van der Waals surface area contributed by atoms with E-state index >= 15 is 0 Å². The Hall–Kier alpha value is -2.74. The van der Waals surface area contributed by atoms with Gasteiger partial charge < -0.3 is 15.1 Å². The molecule has 0 atom stereocenters. The van der Waals surface area contributed by atoms with Crippen LogP contribution in [-0.2, 0) is 16.0 Å². The van der Waals surface area contributed by atoms with Crippen LogP contribution < -0.4 is 5.32 Å². The van der Waals surface area contributed by atoms with Gasteiger partial charge in [0.05, 0.1) is 12.1 Å². The number of aryl methyl sites for hydroxylation is 1. The molecule has 1 aromatic carbocycles. The highest BCUT2D eigenvalue weighted by Crippen LogP contribution is 2.18. The van der Waals surface area contributed by atoms with E-state index in [-0.39, 0.29) is 36.6 Å². The second kappa shape index (κ2) is 10.5. The van der Waals surface area contributed by atoms with Crippen LogP contribution in [0.5, 0.6) is 0 Å². The number of anilines is 1. The SMILES string of the molecule is Cc1ccccc1C(=O)N(CC(=O)Nc1nc(CC(=O)N2CCCC2)cs1)CC(C)C. The normalized spacial score (nSPS) is 13.5. The van der Waals surface area contributed by atoms with Crippen LogP contribution in [0.4, 0.5) is 5.13 Å². The predicted molar refractivity (Wildman–Crippen MR) is 122 cm³/mol. The highest BCUT2D eigenvalue weighted by atomic mass is 32.1. The van der Waals surface area contributed by atoms with E-state index in [9.17, 15) is 14.4 Å². The number of nitrogens with one attached hydrogen (secondary N) is 1. The van der Waals surface area contributed by atoms with Crippen molar-refractivity contribution in [3.8, 4) is 0 Å². The van der Waals surface area contributed by atoms with E-state index in [1.54, 1.807) is 16.3 Å². The quantitative estimate of drug-likeness (QED) is 0.680. The zero-order valence-electron chi connectivity index (χ0n) is 18.4. The number of thiazole rings is 1. The van der Waals surface area contributed by atoms with Crippen molar-refractivity contribution >= 4 is 34.2 Å². The minimum absolute atomic E-state index is 0.0486. The van der Waals surface area contributed by atoms with E-state index in [0.29, 0.717) is 22.9 Å². The number of hydrogen-bond donors (Lipinski definition) is 1. The summed E-state index contributed by atoms with van der Waals surface area (Å²) in [4.78, 5) is 45.8. The smallest absolute Gasteiger partial charge is 0.254 e. The van der Waals surface area contributed by atoms with Crippen molar-refractivity contribution < 1.29 is 14.4 Å². The Morgan fingerprint density at radius 2 is 1.90 bits per heavy atom. The van der Waals surface area contributed by atoms with Crippen LogP contribution >= 0.6 is 11.3 Å². The molecule has 1 aromatic heterocycles. The summed E-state index contributed by atoms with van der Waals surface area (Å²) in [5.41, 5.74) is 2.15. The first-order chi connectivity index (χ1) is 14.8. The predicted octanol–water partition coefficient (Wildman–Crippen LogP) is 3.35. The Balaban J connectivity index is 1.60. The number of carbonyl (C=O) groups is 3. The maximum Gasteiger partial charge on any atom is 0.254 e. The number of carbonyl (C=O) groups excluding carboxylic acids is 3. The second-order valence-electron chi connectivity index (χ2n) is 8.35. The van der Waals surface area contributed by atoms with Crippen LogP contribution in [0.15, 0.2) is 29.6 Å². The number of likely N-dealkylation sites (tertiary alicyclic amines) is 1. The molecular weight excluding hydrogens is 412 g/mol.